The highest BCUT2D eigenvalue weighted by Crippen LogP contribution is 2.21. The smallest absolute Gasteiger partial charge is 0.243 e. The van der Waals surface area contributed by atoms with Gasteiger partial charge in [-0.25, -0.2) is 0 Å². The van der Waals surface area contributed by atoms with Crippen LogP contribution in [0.15, 0.2) is 30.3 Å². The summed E-state index contributed by atoms with van der Waals surface area (Å²) in [5.74, 6) is -0.295. The number of benzene rings is 1. The van der Waals surface area contributed by atoms with Gasteiger partial charge < -0.3 is 11.1 Å². The van der Waals surface area contributed by atoms with Crippen molar-refractivity contribution in [2.45, 2.75) is 32.2 Å². The number of hydrogen-bond donors (Lipinski definition) is 2. The number of anilines is 1. The third-order valence-corrected chi connectivity index (χ3v) is 2.84. The van der Waals surface area contributed by atoms with Gasteiger partial charge in [0, 0.05) is 5.69 Å². The lowest BCUT2D eigenvalue weighted by Gasteiger charge is -2.30. The highest BCUT2D eigenvalue weighted by atomic mass is 16.1. The molecule has 0 aliphatic heterocycles. The number of para-hydroxylation sites is 1. The molecule has 0 fully saturated rings. The van der Waals surface area contributed by atoms with Crippen LogP contribution in [0.4, 0.5) is 5.69 Å². The number of amides is 1. The van der Waals surface area contributed by atoms with E-state index in [-0.39, 0.29) is 5.91 Å². The zero-order valence-electron chi connectivity index (χ0n) is 9.29. The minimum Gasteiger partial charge on any atom is -0.371 e. The first-order chi connectivity index (χ1) is 7.14. The van der Waals surface area contributed by atoms with Crippen molar-refractivity contribution in [3.05, 3.63) is 30.3 Å². The molecule has 1 rings (SSSR count). The van der Waals surface area contributed by atoms with Crippen LogP contribution in [0.1, 0.15) is 26.7 Å². The Morgan fingerprint density at radius 2 is 1.80 bits per heavy atom. The molecule has 1 aromatic rings. The number of nitrogens with one attached hydrogen (secondary N) is 1. The Bertz CT molecular complexity index is 318. The summed E-state index contributed by atoms with van der Waals surface area (Å²) in [5, 5.41) is 3.22. The highest BCUT2D eigenvalue weighted by molar-refractivity contribution is 5.87. The van der Waals surface area contributed by atoms with Crippen LogP contribution >= 0.6 is 0 Å². The summed E-state index contributed by atoms with van der Waals surface area (Å²) in [5.41, 5.74) is 5.75. The third-order valence-electron chi connectivity index (χ3n) is 2.84. The third kappa shape index (κ3) is 2.49. The minimum atomic E-state index is -0.624. The highest BCUT2D eigenvalue weighted by Gasteiger charge is 2.32. The summed E-state index contributed by atoms with van der Waals surface area (Å²) in [4.78, 5) is 11.4. The van der Waals surface area contributed by atoms with Gasteiger partial charge in [0.25, 0.3) is 0 Å². The van der Waals surface area contributed by atoms with Crippen LogP contribution in [0.2, 0.25) is 0 Å². The number of rotatable bonds is 5. The normalized spacial score (nSPS) is 11.1. The van der Waals surface area contributed by atoms with E-state index in [9.17, 15) is 4.79 Å². The molecular weight excluding hydrogens is 188 g/mol. The van der Waals surface area contributed by atoms with E-state index >= 15 is 0 Å². The van der Waals surface area contributed by atoms with Crippen molar-refractivity contribution in [1.82, 2.24) is 0 Å². The summed E-state index contributed by atoms with van der Waals surface area (Å²) in [6, 6.07) is 9.67. The molecule has 1 amide bonds. The van der Waals surface area contributed by atoms with Gasteiger partial charge in [-0.1, -0.05) is 32.0 Å². The van der Waals surface area contributed by atoms with E-state index in [1.165, 1.54) is 0 Å². The van der Waals surface area contributed by atoms with Gasteiger partial charge in [-0.15, -0.1) is 0 Å². The van der Waals surface area contributed by atoms with Crippen molar-refractivity contribution in [1.29, 1.82) is 0 Å². The number of primary amides is 1. The van der Waals surface area contributed by atoms with Crippen LogP contribution < -0.4 is 11.1 Å². The molecule has 3 N–H and O–H groups in total. The second-order valence-electron chi connectivity index (χ2n) is 3.64. The van der Waals surface area contributed by atoms with Crippen molar-refractivity contribution in [3.63, 3.8) is 0 Å². The fourth-order valence-corrected chi connectivity index (χ4v) is 1.63. The molecule has 0 aliphatic carbocycles. The van der Waals surface area contributed by atoms with Crippen molar-refractivity contribution in [3.8, 4) is 0 Å². The molecule has 0 saturated heterocycles. The second-order valence-corrected chi connectivity index (χ2v) is 3.64. The van der Waals surface area contributed by atoms with Gasteiger partial charge >= 0.3 is 0 Å². The molecule has 0 saturated carbocycles. The van der Waals surface area contributed by atoms with E-state index in [2.05, 4.69) is 5.32 Å². The maximum absolute atomic E-state index is 11.4. The van der Waals surface area contributed by atoms with Gasteiger partial charge in [0.1, 0.15) is 5.54 Å². The van der Waals surface area contributed by atoms with E-state index in [1.54, 1.807) is 0 Å². The number of carbonyl (C=O) groups is 1. The lowest BCUT2D eigenvalue weighted by molar-refractivity contribution is -0.122. The molecule has 0 radical (unpaired) electrons. The van der Waals surface area contributed by atoms with E-state index in [1.807, 2.05) is 44.2 Å². The molecule has 0 atom stereocenters. The zero-order valence-corrected chi connectivity index (χ0v) is 9.29. The van der Waals surface area contributed by atoms with Crippen molar-refractivity contribution in [2.75, 3.05) is 5.32 Å². The van der Waals surface area contributed by atoms with E-state index in [4.69, 9.17) is 5.73 Å². The number of carbonyl (C=O) groups excluding carboxylic acids is 1. The molecule has 82 valence electrons. The maximum Gasteiger partial charge on any atom is 0.243 e. The molecule has 0 aliphatic rings. The molecule has 0 bridgehead atoms. The Morgan fingerprint density at radius 1 is 1.27 bits per heavy atom. The minimum absolute atomic E-state index is 0.295. The van der Waals surface area contributed by atoms with Crippen LogP contribution in [0, 0.1) is 0 Å². The molecule has 15 heavy (non-hydrogen) atoms. The molecule has 1 aromatic carbocycles. The first kappa shape index (κ1) is 11.6. The predicted molar refractivity (Wildman–Crippen MR) is 62.6 cm³/mol. The fourth-order valence-electron chi connectivity index (χ4n) is 1.63. The Labute approximate surface area is 90.7 Å². The van der Waals surface area contributed by atoms with Crippen LogP contribution in [0.25, 0.3) is 0 Å². The second kappa shape index (κ2) is 4.82. The van der Waals surface area contributed by atoms with E-state index < -0.39 is 5.54 Å². The fraction of sp³-hybridized carbons (Fsp3) is 0.417. The average Bonchev–Trinajstić information content (AvgIpc) is 2.27. The predicted octanol–water partition coefficient (Wildman–Crippen LogP) is 2.14. The van der Waals surface area contributed by atoms with Crippen LogP contribution in [-0.2, 0) is 4.79 Å². The lowest BCUT2D eigenvalue weighted by Crippen LogP contribution is -2.49. The molecular formula is C12H18N2O. The largest absolute Gasteiger partial charge is 0.371 e. The van der Waals surface area contributed by atoms with E-state index in [0.29, 0.717) is 12.8 Å². The summed E-state index contributed by atoms with van der Waals surface area (Å²) in [6.07, 6.45) is 1.38. The van der Waals surface area contributed by atoms with Gasteiger partial charge in [-0.2, -0.15) is 0 Å². The van der Waals surface area contributed by atoms with Crippen molar-refractivity contribution >= 4 is 11.6 Å². The maximum atomic E-state index is 11.4. The molecule has 3 nitrogen and oxygen atoms in total. The molecule has 0 unspecified atom stereocenters. The lowest BCUT2D eigenvalue weighted by atomic mass is 9.91. The monoisotopic (exact) mass is 206 g/mol. The van der Waals surface area contributed by atoms with Gasteiger partial charge in [0.05, 0.1) is 0 Å². The SMILES string of the molecule is CCC(CC)(Nc1ccccc1)C(N)=O. The Kier molecular flexibility index (Phi) is 3.72. The molecule has 0 aromatic heterocycles. The van der Waals surface area contributed by atoms with Crippen molar-refractivity contribution < 1.29 is 4.79 Å². The topological polar surface area (TPSA) is 55.1 Å². The van der Waals surface area contributed by atoms with E-state index in [0.717, 1.165) is 5.69 Å². The van der Waals surface area contributed by atoms with Crippen molar-refractivity contribution in [2.24, 2.45) is 5.73 Å². The molecule has 3 heteroatoms. The first-order valence-corrected chi connectivity index (χ1v) is 5.27. The summed E-state index contributed by atoms with van der Waals surface area (Å²) >= 11 is 0. The Hall–Kier alpha value is -1.51. The number of nitrogens with two attached hydrogens (primary N) is 1. The Morgan fingerprint density at radius 3 is 2.20 bits per heavy atom. The van der Waals surface area contributed by atoms with Crippen LogP contribution in [0.3, 0.4) is 0 Å². The molecule has 0 spiro atoms. The van der Waals surface area contributed by atoms with Crippen LogP contribution in [-0.4, -0.2) is 11.4 Å². The summed E-state index contributed by atoms with van der Waals surface area (Å²) in [7, 11) is 0. The Balaban J connectivity index is 2.89. The first-order valence-electron chi connectivity index (χ1n) is 5.27. The molecule has 0 heterocycles. The summed E-state index contributed by atoms with van der Waals surface area (Å²) in [6.45, 7) is 3.92. The number of hydrogen-bond acceptors (Lipinski definition) is 2. The van der Waals surface area contributed by atoms with Gasteiger partial charge in [0.2, 0.25) is 5.91 Å². The quantitative estimate of drug-likeness (QED) is 0.775. The van der Waals surface area contributed by atoms with Gasteiger partial charge in [-0.05, 0) is 25.0 Å². The van der Waals surface area contributed by atoms with Gasteiger partial charge in [-0.3, -0.25) is 4.79 Å². The summed E-state index contributed by atoms with van der Waals surface area (Å²) < 4.78 is 0. The average molecular weight is 206 g/mol. The zero-order chi connectivity index (χ0) is 11.3. The van der Waals surface area contributed by atoms with Gasteiger partial charge in [0.15, 0.2) is 0 Å². The standard InChI is InChI=1S/C12H18N2O/c1-3-12(4-2,11(13)15)14-10-8-6-5-7-9-10/h5-9,14H,3-4H2,1-2H3,(H2,13,15). The van der Waals surface area contributed by atoms with Crippen LogP contribution in [0.5, 0.6) is 0 Å².